The lowest BCUT2D eigenvalue weighted by molar-refractivity contribution is 0.0738. The number of nitrogens with zero attached hydrogens (tertiary/aromatic N) is 2. The van der Waals surface area contributed by atoms with Crippen LogP contribution < -0.4 is 5.32 Å². The van der Waals surface area contributed by atoms with Crippen LogP contribution in [0.15, 0.2) is 84.5 Å². The van der Waals surface area contributed by atoms with Gasteiger partial charge in [0.25, 0.3) is 11.8 Å². The number of hydrogen-bond donors (Lipinski definition) is 1. The molecule has 2 aromatic carbocycles. The quantitative estimate of drug-likeness (QED) is 0.490. The Morgan fingerprint density at radius 1 is 0.839 bits per heavy atom. The van der Waals surface area contributed by atoms with Crippen molar-refractivity contribution in [3.8, 4) is 11.1 Å². The molecule has 6 heteroatoms. The minimum atomic E-state index is -0.263. The molecule has 31 heavy (non-hydrogen) atoms. The summed E-state index contributed by atoms with van der Waals surface area (Å²) in [4.78, 5) is 32.4. The average molecular weight is 426 g/mol. The molecule has 3 heterocycles. The predicted molar refractivity (Wildman–Crippen MR) is 122 cm³/mol. The molecule has 0 bridgehead atoms. The van der Waals surface area contributed by atoms with Crippen molar-refractivity contribution in [3.05, 3.63) is 106 Å². The van der Waals surface area contributed by atoms with Gasteiger partial charge in [-0.1, -0.05) is 48.5 Å². The summed E-state index contributed by atoms with van der Waals surface area (Å²) in [6.07, 6.45) is 3.14. The molecule has 1 N–H and O–H groups in total. The number of thiophene rings is 1. The number of hydrogen-bond acceptors (Lipinski definition) is 4. The van der Waals surface area contributed by atoms with Crippen LogP contribution in [0.3, 0.4) is 0 Å². The average Bonchev–Trinajstić information content (AvgIpc) is 3.20. The normalized spacial score (nSPS) is 12.5. The van der Waals surface area contributed by atoms with Crippen LogP contribution in [0.2, 0.25) is 0 Å². The summed E-state index contributed by atoms with van der Waals surface area (Å²) in [5.74, 6) is -0.354. The van der Waals surface area contributed by atoms with E-state index in [1.165, 1.54) is 11.3 Å². The van der Waals surface area contributed by atoms with Gasteiger partial charge < -0.3 is 10.2 Å². The standard InChI is InChI=1S/C25H19N3O2S/c29-24(17-9-12-26-13-10-17)27-22-11-14-31-23(22)25(30)28-15-18-5-1-3-7-20(18)21-8-4-2-6-19(21)16-28/h1-14H,15-16H2,(H,27,29). The van der Waals surface area contributed by atoms with E-state index in [9.17, 15) is 9.59 Å². The van der Waals surface area contributed by atoms with Crippen molar-refractivity contribution < 1.29 is 9.59 Å². The van der Waals surface area contributed by atoms with Crippen LogP contribution >= 0.6 is 11.3 Å². The van der Waals surface area contributed by atoms with E-state index in [0.29, 0.717) is 29.2 Å². The van der Waals surface area contributed by atoms with Crippen molar-refractivity contribution in [2.75, 3.05) is 5.32 Å². The number of carbonyl (C=O) groups is 2. The van der Waals surface area contributed by atoms with E-state index >= 15 is 0 Å². The monoisotopic (exact) mass is 425 g/mol. The molecule has 4 aromatic rings. The molecule has 0 fully saturated rings. The number of benzene rings is 2. The fourth-order valence-electron chi connectivity index (χ4n) is 3.87. The summed E-state index contributed by atoms with van der Waals surface area (Å²) in [7, 11) is 0. The zero-order chi connectivity index (χ0) is 21.2. The number of aromatic nitrogens is 1. The topological polar surface area (TPSA) is 62.3 Å². The maximum absolute atomic E-state index is 13.5. The lowest BCUT2D eigenvalue weighted by Gasteiger charge is -2.21. The maximum atomic E-state index is 13.5. The van der Waals surface area contributed by atoms with Gasteiger partial charge in [-0.05, 0) is 45.8 Å². The van der Waals surface area contributed by atoms with Gasteiger partial charge in [0, 0.05) is 31.0 Å². The van der Waals surface area contributed by atoms with Gasteiger partial charge in [0.1, 0.15) is 4.88 Å². The Morgan fingerprint density at radius 2 is 1.45 bits per heavy atom. The van der Waals surface area contributed by atoms with Gasteiger partial charge in [-0.25, -0.2) is 0 Å². The van der Waals surface area contributed by atoms with E-state index in [1.54, 1.807) is 30.6 Å². The highest BCUT2D eigenvalue weighted by atomic mass is 32.1. The van der Waals surface area contributed by atoms with Crippen LogP contribution in [-0.2, 0) is 13.1 Å². The van der Waals surface area contributed by atoms with E-state index in [-0.39, 0.29) is 11.8 Å². The molecule has 5 nitrogen and oxygen atoms in total. The smallest absolute Gasteiger partial charge is 0.266 e. The van der Waals surface area contributed by atoms with E-state index < -0.39 is 0 Å². The summed E-state index contributed by atoms with van der Waals surface area (Å²) >= 11 is 1.34. The third-order valence-corrected chi connectivity index (χ3v) is 6.29. The summed E-state index contributed by atoms with van der Waals surface area (Å²) in [5, 5.41) is 4.71. The molecule has 2 amide bonds. The second-order valence-corrected chi connectivity index (χ2v) is 8.25. The van der Waals surface area contributed by atoms with Gasteiger partial charge >= 0.3 is 0 Å². The largest absolute Gasteiger partial charge is 0.329 e. The molecule has 5 rings (SSSR count). The van der Waals surface area contributed by atoms with Gasteiger partial charge in [-0.15, -0.1) is 11.3 Å². The summed E-state index contributed by atoms with van der Waals surface area (Å²) in [6.45, 7) is 1.03. The van der Waals surface area contributed by atoms with E-state index in [0.717, 1.165) is 22.3 Å². The fourth-order valence-corrected chi connectivity index (χ4v) is 4.68. The van der Waals surface area contributed by atoms with Gasteiger partial charge in [0.15, 0.2) is 0 Å². The van der Waals surface area contributed by atoms with Crippen LogP contribution in [0.5, 0.6) is 0 Å². The zero-order valence-electron chi connectivity index (χ0n) is 16.6. The highest BCUT2D eigenvalue weighted by Gasteiger charge is 2.26. The van der Waals surface area contributed by atoms with Crippen LogP contribution in [0, 0.1) is 0 Å². The number of nitrogens with one attached hydrogen (secondary N) is 1. The number of rotatable bonds is 3. The molecule has 152 valence electrons. The molecule has 2 aromatic heterocycles. The van der Waals surface area contributed by atoms with E-state index in [4.69, 9.17) is 0 Å². The highest BCUT2D eigenvalue weighted by molar-refractivity contribution is 7.12. The summed E-state index contributed by atoms with van der Waals surface area (Å²) < 4.78 is 0. The first kappa shape index (κ1) is 19.2. The Labute approximate surface area is 184 Å². The minimum Gasteiger partial charge on any atom is -0.329 e. The number of carbonyl (C=O) groups excluding carboxylic acids is 2. The molecular formula is C25H19N3O2S. The van der Waals surface area contributed by atoms with Crippen molar-refractivity contribution in [1.82, 2.24) is 9.88 Å². The Hall–Kier alpha value is -3.77. The second kappa shape index (κ2) is 8.16. The molecule has 0 unspecified atom stereocenters. The first-order chi connectivity index (χ1) is 15.2. The summed E-state index contributed by atoms with van der Waals surface area (Å²) in [5.41, 5.74) is 5.57. The van der Waals surface area contributed by atoms with E-state index in [2.05, 4.69) is 34.6 Å². The SMILES string of the molecule is O=C(Nc1ccsc1C(=O)N1Cc2ccccc2-c2ccccc2C1)c1ccncc1. The zero-order valence-corrected chi connectivity index (χ0v) is 17.4. The molecular weight excluding hydrogens is 406 g/mol. The number of fused-ring (bicyclic) bond motifs is 3. The summed E-state index contributed by atoms with van der Waals surface area (Å²) in [6, 6.07) is 21.5. The Morgan fingerprint density at radius 3 is 2.10 bits per heavy atom. The molecule has 0 saturated carbocycles. The van der Waals surface area contributed by atoms with Crippen molar-refractivity contribution in [2.45, 2.75) is 13.1 Å². The Balaban J connectivity index is 1.46. The van der Waals surface area contributed by atoms with Crippen molar-refractivity contribution >= 4 is 28.8 Å². The molecule has 0 radical (unpaired) electrons. The number of amides is 2. The van der Waals surface area contributed by atoms with Crippen molar-refractivity contribution in [1.29, 1.82) is 0 Å². The van der Waals surface area contributed by atoms with E-state index in [1.807, 2.05) is 34.5 Å². The molecule has 0 aliphatic carbocycles. The van der Waals surface area contributed by atoms with Gasteiger partial charge in [-0.2, -0.15) is 0 Å². The number of anilines is 1. The second-order valence-electron chi connectivity index (χ2n) is 7.33. The van der Waals surface area contributed by atoms with Gasteiger partial charge in [0.05, 0.1) is 5.69 Å². The molecule has 1 aliphatic heterocycles. The highest BCUT2D eigenvalue weighted by Crippen LogP contribution is 2.34. The van der Waals surface area contributed by atoms with Crippen LogP contribution in [0.4, 0.5) is 5.69 Å². The van der Waals surface area contributed by atoms with Crippen LogP contribution in [-0.4, -0.2) is 21.7 Å². The lowest BCUT2D eigenvalue weighted by Crippen LogP contribution is -2.29. The van der Waals surface area contributed by atoms with Crippen LogP contribution in [0.25, 0.3) is 11.1 Å². The first-order valence-corrected chi connectivity index (χ1v) is 10.8. The predicted octanol–water partition coefficient (Wildman–Crippen LogP) is 5.22. The molecule has 0 atom stereocenters. The Kier molecular flexibility index (Phi) is 5.06. The van der Waals surface area contributed by atoms with Crippen molar-refractivity contribution in [3.63, 3.8) is 0 Å². The third kappa shape index (κ3) is 3.73. The fraction of sp³-hybridized carbons (Fsp3) is 0.0800. The molecule has 0 spiro atoms. The third-order valence-electron chi connectivity index (χ3n) is 5.38. The maximum Gasteiger partial charge on any atom is 0.266 e. The van der Waals surface area contributed by atoms with Gasteiger partial charge in [-0.3, -0.25) is 14.6 Å². The Bertz CT molecular complexity index is 1220. The minimum absolute atomic E-state index is 0.0912. The van der Waals surface area contributed by atoms with Crippen molar-refractivity contribution in [2.24, 2.45) is 0 Å². The molecule has 1 aliphatic rings. The van der Waals surface area contributed by atoms with Crippen LogP contribution in [0.1, 0.15) is 31.2 Å². The van der Waals surface area contributed by atoms with Gasteiger partial charge in [0.2, 0.25) is 0 Å². The first-order valence-electron chi connectivity index (χ1n) is 9.95. The molecule has 0 saturated heterocycles. The number of pyridine rings is 1. The lowest BCUT2D eigenvalue weighted by atomic mass is 9.97.